The van der Waals surface area contributed by atoms with Gasteiger partial charge in [-0.1, -0.05) is 0 Å². The molecule has 2 rings (SSSR count). The van der Waals surface area contributed by atoms with Gasteiger partial charge in [0.1, 0.15) is 5.56 Å². The van der Waals surface area contributed by atoms with Crippen LogP contribution < -0.4 is 19.9 Å². The van der Waals surface area contributed by atoms with E-state index in [1.54, 1.807) is 26.0 Å². The maximum Gasteiger partial charge on any atom is 0.357 e. The lowest BCUT2D eigenvalue weighted by molar-refractivity contribution is 0.0516. The third-order valence-electron chi connectivity index (χ3n) is 3.94. The summed E-state index contributed by atoms with van der Waals surface area (Å²) in [4.78, 5) is 24.8. The standard InChI is InChI=1S/C19H24N2O7/c1-6-27-18(22)12-10-21(16(15(12)20)19(23)28-7-2)11-8-13(24-3)17(26-5)14(9-11)25-4/h8-10H,6-7,20H2,1-5H3. The van der Waals surface area contributed by atoms with Crippen LogP contribution in [-0.4, -0.2) is 51.0 Å². The van der Waals surface area contributed by atoms with Crippen LogP contribution in [0.2, 0.25) is 0 Å². The third-order valence-corrected chi connectivity index (χ3v) is 3.94. The lowest BCUT2D eigenvalue weighted by atomic mass is 10.2. The predicted octanol–water partition coefficient (Wildman–Crippen LogP) is 2.44. The summed E-state index contributed by atoms with van der Waals surface area (Å²) in [5.74, 6) is -0.188. The first-order valence-electron chi connectivity index (χ1n) is 8.58. The first-order valence-corrected chi connectivity index (χ1v) is 8.58. The highest BCUT2D eigenvalue weighted by molar-refractivity contribution is 6.04. The smallest absolute Gasteiger partial charge is 0.357 e. The van der Waals surface area contributed by atoms with Gasteiger partial charge in [0, 0.05) is 18.3 Å². The van der Waals surface area contributed by atoms with Gasteiger partial charge in [0.15, 0.2) is 17.2 Å². The summed E-state index contributed by atoms with van der Waals surface area (Å²) in [6.45, 7) is 3.67. The number of nitrogens with zero attached hydrogens (tertiary/aromatic N) is 1. The average Bonchev–Trinajstić information content (AvgIpc) is 3.04. The molecule has 0 aliphatic rings. The molecule has 0 saturated carbocycles. The van der Waals surface area contributed by atoms with E-state index >= 15 is 0 Å². The zero-order valence-electron chi connectivity index (χ0n) is 16.5. The monoisotopic (exact) mass is 392 g/mol. The van der Waals surface area contributed by atoms with Crippen LogP contribution in [0.3, 0.4) is 0 Å². The van der Waals surface area contributed by atoms with Crippen molar-refractivity contribution in [3.05, 3.63) is 29.6 Å². The molecule has 0 saturated heterocycles. The van der Waals surface area contributed by atoms with Gasteiger partial charge in [0.25, 0.3) is 0 Å². The molecule has 0 aliphatic heterocycles. The van der Waals surface area contributed by atoms with E-state index in [1.165, 1.54) is 32.1 Å². The summed E-state index contributed by atoms with van der Waals surface area (Å²) in [7, 11) is 4.43. The lowest BCUT2D eigenvalue weighted by Crippen LogP contribution is -2.13. The summed E-state index contributed by atoms with van der Waals surface area (Å²) < 4.78 is 27.6. The average molecular weight is 392 g/mol. The Morgan fingerprint density at radius 3 is 1.93 bits per heavy atom. The van der Waals surface area contributed by atoms with E-state index in [0.29, 0.717) is 22.9 Å². The fourth-order valence-electron chi connectivity index (χ4n) is 2.71. The summed E-state index contributed by atoms with van der Waals surface area (Å²) in [6, 6.07) is 3.25. The Balaban J connectivity index is 2.74. The van der Waals surface area contributed by atoms with Crippen molar-refractivity contribution in [2.75, 3.05) is 40.3 Å². The molecule has 0 fully saturated rings. The number of benzene rings is 1. The molecule has 2 aromatic rings. The van der Waals surface area contributed by atoms with Crippen LogP contribution in [0.1, 0.15) is 34.7 Å². The summed E-state index contributed by atoms with van der Waals surface area (Å²) in [5.41, 5.74) is 6.57. The van der Waals surface area contributed by atoms with Gasteiger partial charge in [-0.2, -0.15) is 0 Å². The minimum Gasteiger partial charge on any atom is -0.493 e. The van der Waals surface area contributed by atoms with Crippen molar-refractivity contribution in [2.45, 2.75) is 13.8 Å². The van der Waals surface area contributed by atoms with E-state index in [-0.39, 0.29) is 30.2 Å². The van der Waals surface area contributed by atoms with Crippen molar-refractivity contribution < 1.29 is 33.3 Å². The molecule has 9 heteroatoms. The Morgan fingerprint density at radius 2 is 1.46 bits per heavy atom. The van der Waals surface area contributed by atoms with E-state index in [2.05, 4.69) is 0 Å². The van der Waals surface area contributed by atoms with Gasteiger partial charge in [-0.15, -0.1) is 0 Å². The van der Waals surface area contributed by atoms with Crippen LogP contribution in [0.4, 0.5) is 5.69 Å². The van der Waals surface area contributed by atoms with Gasteiger partial charge in [-0.25, -0.2) is 9.59 Å². The van der Waals surface area contributed by atoms with E-state index in [9.17, 15) is 9.59 Å². The summed E-state index contributed by atoms with van der Waals surface area (Å²) >= 11 is 0. The first-order chi connectivity index (χ1) is 13.4. The Hall–Kier alpha value is -3.36. The molecule has 1 heterocycles. The molecule has 0 unspecified atom stereocenters. The largest absolute Gasteiger partial charge is 0.493 e. The quantitative estimate of drug-likeness (QED) is 0.682. The summed E-state index contributed by atoms with van der Waals surface area (Å²) in [5, 5.41) is 0. The van der Waals surface area contributed by atoms with E-state index < -0.39 is 11.9 Å². The molecule has 28 heavy (non-hydrogen) atoms. The van der Waals surface area contributed by atoms with E-state index in [1.807, 2.05) is 0 Å². The van der Waals surface area contributed by atoms with Crippen molar-refractivity contribution in [2.24, 2.45) is 0 Å². The number of anilines is 1. The second-order valence-electron chi connectivity index (χ2n) is 5.50. The normalized spacial score (nSPS) is 10.3. The fourth-order valence-corrected chi connectivity index (χ4v) is 2.71. The number of carbonyl (C=O) groups is 2. The summed E-state index contributed by atoms with van der Waals surface area (Å²) in [6.07, 6.45) is 1.42. The zero-order chi connectivity index (χ0) is 20.8. The highest BCUT2D eigenvalue weighted by atomic mass is 16.5. The number of hydrogen-bond donors (Lipinski definition) is 1. The van der Waals surface area contributed by atoms with Crippen LogP contribution in [0.25, 0.3) is 5.69 Å². The first kappa shape index (κ1) is 20.9. The molecule has 0 spiro atoms. The molecule has 1 aromatic heterocycles. The maximum atomic E-state index is 12.5. The van der Waals surface area contributed by atoms with Crippen molar-refractivity contribution in [3.63, 3.8) is 0 Å². The third kappa shape index (κ3) is 3.83. The van der Waals surface area contributed by atoms with Crippen molar-refractivity contribution in [3.8, 4) is 22.9 Å². The number of rotatable bonds is 8. The molecule has 1 aromatic carbocycles. The zero-order valence-corrected chi connectivity index (χ0v) is 16.5. The Morgan fingerprint density at radius 1 is 0.929 bits per heavy atom. The molecule has 0 bridgehead atoms. The molecule has 0 radical (unpaired) electrons. The van der Waals surface area contributed by atoms with Gasteiger partial charge < -0.3 is 34.0 Å². The Labute approximate surface area is 162 Å². The Bertz CT molecular complexity index is 848. The van der Waals surface area contributed by atoms with Crippen LogP contribution in [-0.2, 0) is 9.47 Å². The van der Waals surface area contributed by atoms with Crippen LogP contribution in [0.15, 0.2) is 18.3 Å². The topological polar surface area (TPSA) is 111 Å². The van der Waals surface area contributed by atoms with Crippen molar-refractivity contribution >= 4 is 17.6 Å². The van der Waals surface area contributed by atoms with E-state index in [4.69, 9.17) is 29.4 Å². The van der Waals surface area contributed by atoms with Gasteiger partial charge in [-0.05, 0) is 13.8 Å². The minimum atomic E-state index is -0.677. The van der Waals surface area contributed by atoms with Gasteiger partial charge in [0.2, 0.25) is 5.75 Å². The lowest BCUT2D eigenvalue weighted by Gasteiger charge is -2.16. The molecular weight excluding hydrogens is 368 g/mol. The molecular formula is C19H24N2O7. The predicted molar refractivity (Wildman–Crippen MR) is 102 cm³/mol. The minimum absolute atomic E-state index is 0.000763. The SMILES string of the molecule is CCOC(=O)c1cn(-c2cc(OC)c(OC)c(OC)c2)c(C(=O)OCC)c1N. The molecule has 2 N–H and O–H groups in total. The molecule has 0 amide bonds. The number of hydrogen-bond acceptors (Lipinski definition) is 8. The van der Waals surface area contributed by atoms with Crippen molar-refractivity contribution in [1.82, 2.24) is 4.57 Å². The maximum absolute atomic E-state index is 12.5. The number of carbonyl (C=O) groups excluding carboxylic acids is 2. The number of nitrogens with two attached hydrogens (primary N) is 1. The number of methoxy groups -OCH3 is 3. The molecule has 152 valence electrons. The fraction of sp³-hybridized carbons (Fsp3) is 0.368. The second kappa shape index (κ2) is 9.03. The van der Waals surface area contributed by atoms with Gasteiger partial charge in [0.05, 0.1) is 45.9 Å². The highest BCUT2D eigenvalue weighted by Crippen LogP contribution is 2.40. The van der Waals surface area contributed by atoms with Crippen LogP contribution >= 0.6 is 0 Å². The number of aromatic nitrogens is 1. The second-order valence-corrected chi connectivity index (χ2v) is 5.50. The van der Waals surface area contributed by atoms with Crippen LogP contribution in [0, 0.1) is 0 Å². The number of esters is 2. The van der Waals surface area contributed by atoms with E-state index in [0.717, 1.165) is 0 Å². The van der Waals surface area contributed by atoms with Gasteiger partial charge in [-0.3, -0.25) is 0 Å². The number of ether oxygens (including phenoxy) is 5. The van der Waals surface area contributed by atoms with Crippen LogP contribution in [0.5, 0.6) is 17.2 Å². The highest BCUT2D eigenvalue weighted by Gasteiger charge is 2.27. The van der Waals surface area contributed by atoms with Gasteiger partial charge >= 0.3 is 11.9 Å². The molecule has 0 atom stereocenters. The number of nitrogen functional groups attached to an aromatic ring is 1. The Kier molecular flexibility index (Phi) is 6.75. The van der Waals surface area contributed by atoms with Crippen molar-refractivity contribution in [1.29, 1.82) is 0 Å². The molecule has 0 aliphatic carbocycles. The molecule has 9 nitrogen and oxygen atoms in total.